The minimum absolute atomic E-state index is 0.0886. The minimum Gasteiger partial charge on any atom is -0.487 e. The highest BCUT2D eigenvalue weighted by Gasteiger charge is 2.40. The van der Waals surface area contributed by atoms with Gasteiger partial charge in [-0.2, -0.15) is 0 Å². The third-order valence-corrected chi connectivity index (χ3v) is 6.84. The molecule has 176 valence electrons. The molecule has 0 bridgehead atoms. The van der Waals surface area contributed by atoms with Gasteiger partial charge in [0.05, 0.1) is 18.8 Å². The number of nitrogens with one attached hydrogen (secondary N) is 1. The van der Waals surface area contributed by atoms with E-state index in [4.69, 9.17) is 14.2 Å². The fourth-order valence-corrected chi connectivity index (χ4v) is 4.36. The Kier molecular flexibility index (Phi) is 6.25. The van der Waals surface area contributed by atoms with E-state index in [0.29, 0.717) is 43.9 Å². The molecule has 2 N–H and O–H groups in total. The van der Waals surface area contributed by atoms with Gasteiger partial charge in [0.1, 0.15) is 5.54 Å². The first-order valence-corrected chi connectivity index (χ1v) is 11.8. The molecule has 3 fully saturated rings. The van der Waals surface area contributed by atoms with Gasteiger partial charge >= 0.3 is 5.97 Å². The Balaban J connectivity index is 1.46. The number of carboxylic acid groups (broad SMARTS) is 1. The SMILES string of the molecule is O=C(O)C1(Nc2ccc(-c3cccc(OC4CCC4)c3F)c(COC3CC3)c2)CCOCC1. The lowest BCUT2D eigenvalue weighted by atomic mass is 9.89. The quantitative estimate of drug-likeness (QED) is 0.545. The van der Waals surface area contributed by atoms with Gasteiger partial charge < -0.3 is 24.6 Å². The molecule has 2 aliphatic carbocycles. The maximum absolute atomic E-state index is 15.4. The van der Waals surface area contributed by atoms with Gasteiger partial charge in [0, 0.05) is 37.3 Å². The molecular formula is C26H30FNO5. The van der Waals surface area contributed by atoms with E-state index in [1.807, 2.05) is 24.3 Å². The highest BCUT2D eigenvalue weighted by molar-refractivity contribution is 5.83. The third kappa shape index (κ3) is 4.84. The lowest BCUT2D eigenvalue weighted by Crippen LogP contribution is -2.50. The second-order valence-electron chi connectivity index (χ2n) is 9.30. The molecule has 5 rings (SSSR count). The first-order chi connectivity index (χ1) is 16.0. The van der Waals surface area contributed by atoms with Crippen molar-refractivity contribution in [3.05, 3.63) is 47.8 Å². The van der Waals surface area contributed by atoms with E-state index < -0.39 is 11.5 Å². The van der Waals surface area contributed by atoms with Crippen LogP contribution in [-0.2, 0) is 20.9 Å². The molecule has 2 saturated carbocycles. The maximum atomic E-state index is 15.4. The number of anilines is 1. The molecule has 33 heavy (non-hydrogen) atoms. The first kappa shape index (κ1) is 22.2. The van der Waals surface area contributed by atoms with Crippen molar-refractivity contribution in [2.45, 2.75) is 69.3 Å². The van der Waals surface area contributed by atoms with Crippen LogP contribution in [0.1, 0.15) is 50.5 Å². The average Bonchev–Trinajstić information content (AvgIpc) is 3.61. The van der Waals surface area contributed by atoms with Gasteiger partial charge in [-0.15, -0.1) is 0 Å². The van der Waals surface area contributed by atoms with Gasteiger partial charge in [-0.3, -0.25) is 0 Å². The molecule has 0 amide bonds. The van der Waals surface area contributed by atoms with Crippen LogP contribution in [0.15, 0.2) is 36.4 Å². The zero-order valence-electron chi connectivity index (χ0n) is 18.6. The second kappa shape index (κ2) is 9.31. The van der Waals surface area contributed by atoms with Gasteiger partial charge in [-0.05, 0) is 61.4 Å². The zero-order valence-corrected chi connectivity index (χ0v) is 18.6. The monoisotopic (exact) mass is 455 g/mol. The van der Waals surface area contributed by atoms with Gasteiger partial charge in [0.25, 0.3) is 0 Å². The molecule has 3 aliphatic rings. The number of benzene rings is 2. The van der Waals surface area contributed by atoms with E-state index in [2.05, 4.69) is 5.32 Å². The topological polar surface area (TPSA) is 77.0 Å². The Morgan fingerprint density at radius 3 is 2.55 bits per heavy atom. The Morgan fingerprint density at radius 2 is 1.88 bits per heavy atom. The fourth-order valence-electron chi connectivity index (χ4n) is 4.36. The predicted molar refractivity (Wildman–Crippen MR) is 122 cm³/mol. The highest BCUT2D eigenvalue weighted by Crippen LogP contribution is 2.37. The number of hydrogen-bond acceptors (Lipinski definition) is 5. The van der Waals surface area contributed by atoms with E-state index in [1.54, 1.807) is 12.1 Å². The predicted octanol–water partition coefficient (Wildman–Crippen LogP) is 5.15. The van der Waals surface area contributed by atoms with E-state index in [9.17, 15) is 9.90 Å². The van der Waals surface area contributed by atoms with Crippen LogP contribution in [0.2, 0.25) is 0 Å². The van der Waals surface area contributed by atoms with Gasteiger partial charge in [-0.1, -0.05) is 18.2 Å². The Bertz CT molecular complexity index is 1010. The van der Waals surface area contributed by atoms with E-state index in [0.717, 1.165) is 43.2 Å². The highest BCUT2D eigenvalue weighted by atomic mass is 19.1. The summed E-state index contributed by atoms with van der Waals surface area (Å²) in [6.45, 7) is 1.13. The van der Waals surface area contributed by atoms with E-state index in [1.165, 1.54) is 0 Å². The number of aliphatic carboxylic acids is 1. The summed E-state index contributed by atoms with van der Waals surface area (Å²) in [7, 11) is 0. The van der Waals surface area contributed by atoms with Crippen LogP contribution in [-0.4, -0.2) is 42.0 Å². The molecule has 1 aliphatic heterocycles. The van der Waals surface area contributed by atoms with Crippen LogP contribution in [0.3, 0.4) is 0 Å². The molecule has 2 aromatic carbocycles. The summed E-state index contributed by atoms with van der Waals surface area (Å²) in [5.74, 6) is -0.984. The summed E-state index contributed by atoms with van der Waals surface area (Å²) in [6, 6.07) is 10.8. The molecule has 0 spiro atoms. The Labute approximate surface area is 193 Å². The van der Waals surface area contributed by atoms with E-state index >= 15 is 4.39 Å². The van der Waals surface area contributed by atoms with Crippen molar-refractivity contribution >= 4 is 11.7 Å². The molecule has 0 unspecified atom stereocenters. The molecule has 7 heteroatoms. The lowest BCUT2D eigenvalue weighted by molar-refractivity contribution is -0.145. The summed E-state index contributed by atoms with van der Waals surface area (Å²) in [5.41, 5.74) is 1.62. The molecule has 2 aromatic rings. The van der Waals surface area contributed by atoms with Gasteiger partial charge in [0.15, 0.2) is 11.6 Å². The molecule has 0 aromatic heterocycles. The number of hydrogen-bond donors (Lipinski definition) is 2. The maximum Gasteiger partial charge on any atom is 0.329 e. The summed E-state index contributed by atoms with van der Waals surface area (Å²) in [4.78, 5) is 12.1. The summed E-state index contributed by atoms with van der Waals surface area (Å²) < 4.78 is 32.6. The number of rotatable bonds is 9. The van der Waals surface area contributed by atoms with Crippen LogP contribution < -0.4 is 10.1 Å². The zero-order chi connectivity index (χ0) is 22.8. The Hall–Kier alpha value is -2.64. The number of ether oxygens (including phenoxy) is 3. The summed E-state index contributed by atoms with van der Waals surface area (Å²) >= 11 is 0. The summed E-state index contributed by atoms with van der Waals surface area (Å²) in [5, 5.41) is 13.1. The van der Waals surface area contributed by atoms with Crippen molar-refractivity contribution < 1.29 is 28.5 Å². The molecular weight excluding hydrogens is 425 g/mol. The smallest absolute Gasteiger partial charge is 0.329 e. The molecule has 0 atom stereocenters. The van der Waals surface area contributed by atoms with Crippen molar-refractivity contribution in [3.8, 4) is 16.9 Å². The second-order valence-corrected chi connectivity index (χ2v) is 9.30. The molecule has 1 saturated heterocycles. The molecule has 1 heterocycles. The molecule has 6 nitrogen and oxygen atoms in total. The van der Waals surface area contributed by atoms with E-state index in [-0.39, 0.29) is 23.8 Å². The fraction of sp³-hybridized carbons (Fsp3) is 0.500. The first-order valence-electron chi connectivity index (χ1n) is 11.8. The normalized spacial score (nSPS) is 20.2. The van der Waals surface area contributed by atoms with Crippen LogP contribution in [0.25, 0.3) is 11.1 Å². The van der Waals surface area contributed by atoms with Crippen molar-refractivity contribution in [2.24, 2.45) is 0 Å². The standard InChI is InChI=1S/C26H30FNO5/c27-24-22(5-2-6-23(24)33-20-3-1-4-20)21-10-7-18(15-17(21)16-32-19-8-9-19)28-26(25(29)30)11-13-31-14-12-26/h2,5-7,10,15,19-20,28H,1,3-4,8-9,11-14,16H2,(H,29,30). The number of halogens is 1. The van der Waals surface area contributed by atoms with Gasteiger partial charge in [-0.25, -0.2) is 9.18 Å². The largest absolute Gasteiger partial charge is 0.487 e. The average molecular weight is 456 g/mol. The van der Waals surface area contributed by atoms with Crippen molar-refractivity contribution in [1.82, 2.24) is 0 Å². The van der Waals surface area contributed by atoms with Crippen LogP contribution in [0.5, 0.6) is 5.75 Å². The summed E-state index contributed by atoms with van der Waals surface area (Å²) in [6.07, 6.45) is 6.21. The number of carbonyl (C=O) groups is 1. The minimum atomic E-state index is -1.07. The van der Waals surface area contributed by atoms with Crippen molar-refractivity contribution in [1.29, 1.82) is 0 Å². The van der Waals surface area contributed by atoms with Crippen LogP contribution in [0.4, 0.5) is 10.1 Å². The van der Waals surface area contributed by atoms with Gasteiger partial charge in [0.2, 0.25) is 0 Å². The third-order valence-electron chi connectivity index (χ3n) is 6.84. The lowest BCUT2D eigenvalue weighted by Gasteiger charge is -2.35. The van der Waals surface area contributed by atoms with Crippen molar-refractivity contribution in [2.75, 3.05) is 18.5 Å². The van der Waals surface area contributed by atoms with Crippen molar-refractivity contribution in [3.63, 3.8) is 0 Å². The van der Waals surface area contributed by atoms with Crippen LogP contribution in [0, 0.1) is 5.82 Å². The number of carboxylic acids is 1. The Morgan fingerprint density at radius 1 is 1.09 bits per heavy atom. The molecule has 0 radical (unpaired) electrons. The van der Waals surface area contributed by atoms with Crippen LogP contribution >= 0.6 is 0 Å².